The summed E-state index contributed by atoms with van der Waals surface area (Å²) in [4.78, 5) is 5.69. The summed E-state index contributed by atoms with van der Waals surface area (Å²) in [5, 5.41) is 6.63. The topological polar surface area (TPSA) is 45.7 Å². The van der Waals surface area contributed by atoms with Crippen molar-refractivity contribution in [2.45, 2.75) is 37.5 Å². The van der Waals surface area contributed by atoms with Crippen LogP contribution in [0.2, 0.25) is 0 Å². The Balaban J connectivity index is 0.00000576. The number of thioether (sulfide) groups is 1. The molecule has 0 radical (unpaired) electrons. The lowest BCUT2D eigenvalue weighted by Crippen LogP contribution is -2.37. The molecule has 0 spiro atoms. The summed E-state index contributed by atoms with van der Waals surface area (Å²) in [6.45, 7) is 5.48. The Morgan fingerprint density at radius 2 is 1.88 bits per heavy atom. The van der Waals surface area contributed by atoms with Gasteiger partial charge < -0.3 is 15.4 Å². The van der Waals surface area contributed by atoms with E-state index in [4.69, 9.17) is 4.74 Å². The Morgan fingerprint density at radius 3 is 2.56 bits per heavy atom. The number of guanidine groups is 1. The molecule has 0 unspecified atom stereocenters. The highest BCUT2D eigenvalue weighted by atomic mass is 127. The molecule has 144 valence electrons. The predicted octanol–water partition coefficient (Wildman–Crippen LogP) is 4.30. The Labute approximate surface area is 172 Å². The van der Waals surface area contributed by atoms with Crippen molar-refractivity contribution >= 4 is 41.7 Å². The summed E-state index contributed by atoms with van der Waals surface area (Å²) < 4.78 is 17.9. The minimum absolute atomic E-state index is 0. The van der Waals surface area contributed by atoms with E-state index in [2.05, 4.69) is 22.5 Å². The molecule has 7 heteroatoms. The van der Waals surface area contributed by atoms with Crippen LogP contribution in [0.1, 0.15) is 32.6 Å². The van der Waals surface area contributed by atoms with Gasteiger partial charge in [-0.1, -0.05) is 0 Å². The van der Waals surface area contributed by atoms with Crippen molar-refractivity contribution in [2.24, 2.45) is 4.99 Å². The highest BCUT2D eigenvalue weighted by Gasteiger charge is 1.98. The van der Waals surface area contributed by atoms with Crippen molar-refractivity contribution in [3.05, 3.63) is 30.1 Å². The second kappa shape index (κ2) is 16.9. The second-order valence-electron chi connectivity index (χ2n) is 5.40. The first-order valence-electron chi connectivity index (χ1n) is 8.65. The third-order valence-corrected chi connectivity index (χ3v) is 4.41. The van der Waals surface area contributed by atoms with Crippen LogP contribution in [0.3, 0.4) is 0 Å². The minimum Gasteiger partial charge on any atom is -0.385 e. The van der Waals surface area contributed by atoms with Gasteiger partial charge in [0.15, 0.2) is 5.96 Å². The molecule has 2 N–H and O–H groups in total. The number of unbranched alkanes of at least 4 members (excludes halogenated alkanes) is 2. The lowest BCUT2D eigenvalue weighted by atomic mass is 10.2. The van der Waals surface area contributed by atoms with Gasteiger partial charge in [-0.25, -0.2) is 4.39 Å². The SMILES string of the molecule is CCNC(=NCCCSc1ccc(F)cc1)NCCCCCOC.I. The van der Waals surface area contributed by atoms with E-state index >= 15 is 0 Å². The molecule has 0 bridgehead atoms. The van der Waals surface area contributed by atoms with Gasteiger partial charge in [0.05, 0.1) is 0 Å². The van der Waals surface area contributed by atoms with E-state index in [-0.39, 0.29) is 29.8 Å². The van der Waals surface area contributed by atoms with Crippen LogP contribution in [0, 0.1) is 5.82 Å². The third-order valence-electron chi connectivity index (χ3n) is 3.32. The van der Waals surface area contributed by atoms with Crippen molar-refractivity contribution in [2.75, 3.05) is 39.1 Å². The average Bonchev–Trinajstić information content (AvgIpc) is 2.59. The maximum absolute atomic E-state index is 12.8. The van der Waals surface area contributed by atoms with Crippen LogP contribution in [-0.4, -0.2) is 45.1 Å². The molecule has 0 saturated heterocycles. The van der Waals surface area contributed by atoms with E-state index in [1.807, 2.05) is 12.1 Å². The molecular formula is C18H31FIN3OS. The summed E-state index contributed by atoms with van der Waals surface area (Å²) in [5.41, 5.74) is 0. The van der Waals surface area contributed by atoms with Gasteiger partial charge >= 0.3 is 0 Å². The first-order valence-corrected chi connectivity index (χ1v) is 9.64. The molecule has 0 aliphatic carbocycles. The molecule has 0 aliphatic heterocycles. The number of hydrogen-bond acceptors (Lipinski definition) is 3. The fraction of sp³-hybridized carbons (Fsp3) is 0.611. The fourth-order valence-corrected chi connectivity index (χ4v) is 2.91. The smallest absolute Gasteiger partial charge is 0.191 e. The highest BCUT2D eigenvalue weighted by molar-refractivity contribution is 14.0. The zero-order chi connectivity index (χ0) is 17.5. The molecule has 4 nitrogen and oxygen atoms in total. The van der Waals surface area contributed by atoms with Gasteiger partial charge in [-0.3, -0.25) is 4.99 Å². The highest BCUT2D eigenvalue weighted by Crippen LogP contribution is 2.18. The Morgan fingerprint density at radius 1 is 1.12 bits per heavy atom. The second-order valence-corrected chi connectivity index (χ2v) is 6.57. The van der Waals surface area contributed by atoms with Crippen molar-refractivity contribution in [1.29, 1.82) is 0 Å². The van der Waals surface area contributed by atoms with Crippen LogP contribution in [0.4, 0.5) is 4.39 Å². The van der Waals surface area contributed by atoms with Crippen LogP contribution < -0.4 is 10.6 Å². The van der Waals surface area contributed by atoms with Crippen LogP contribution >= 0.6 is 35.7 Å². The van der Waals surface area contributed by atoms with Gasteiger partial charge in [-0.05, 0) is 62.6 Å². The molecule has 1 aromatic carbocycles. The molecule has 0 atom stereocenters. The number of nitrogens with zero attached hydrogens (tertiary/aromatic N) is 1. The number of benzene rings is 1. The number of halogens is 2. The zero-order valence-electron chi connectivity index (χ0n) is 15.2. The van der Waals surface area contributed by atoms with Gasteiger partial charge in [0.25, 0.3) is 0 Å². The summed E-state index contributed by atoms with van der Waals surface area (Å²) >= 11 is 1.73. The maximum atomic E-state index is 12.8. The minimum atomic E-state index is -0.187. The van der Waals surface area contributed by atoms with E-state index in [0.29, 0.717) is 0 Å². The van der Waals surface area contributed by atoms with Crippen molar-refractivity contribution in [1.82, 2.24) is 10.6 Å². The predicted molar refractivity (Wildman–Crippen MR) is 117 cm³/mol. The maximum Gasteiger partial charge on any atom is 0.191 e. The van der Waals surface area contributed by atoms with E-state index < -0.39 is 0 Å². The Kier molecular flexibility index (Phi) is 16.5. The molecule has 25 heavy (non-hydrogen) atoms. The molecule has 0 aliphatic rings. The van der Waals surface area contributed by atoms with Gasteiger partial charge in [0.1, 0.15) is 5.82 Å². The van der Waals surface area contributed by atoms with E-state index in [1.165, 1.54) is 12.1 Å². The van der Waals surface area contributed by atoms with Gasteiger partial charge in [-0.15, -0.1) is 35.7 Å². The number of hydrogen-bond donors (Lipinski definition) is 2. The zero-order valence-corrected chi connectivity index (χ0v) is 18.4. The first kappa shape index (κ1) is 24.5. The van der Waals surface area contributed by atoms with Gasteiger partial charge in [0.2, 0.25) is 0 Å². The summed E-state index contributed by atoms with van der Waals surface area (Å²) in [6, 6.07) is 6.64. The Hall–Kier alpha value is -0.540. The number of ether oxygens (including phenoxy) is 1. The third kappa shape index (κ3) is 13.3. The first-order chi connectivity index (χ1) is 11.8. The molecule has 0 fully saturated rings. The van der Waals surface area contributed by atoms with Crippen LogP contribution in [0.25, 0.3) is 0 Å². The molecule has 1 aromatic rings. The summed E-state index contributed by atoms with van der Waals surface area (Å²) in [6.07, 6.45) is 4.38. The fourth-order valence-electron chi connectivity index (χ4n) is 2.07. The van der Waals surface area contributed by atoms with Crippen molar-refractivity contribution in [3.63, 3.8) is 0 Å². The van der Waals surface area contributed by atoms with Crippen LogP contribution in [0.5, 0.6) is 0 Å². The number of aliphatic imine (C=N–C) groups is 1. The van der Waals surface area contributed by atoms with E-state index in [0.717, 1.165) is 68.5 Å². The summed E-state index contributed by atoms with van der Waals surface area (Å²) in [7, 11) is 1.74. The molecule has 0 heterocycles. The number of rotatable bonds is 12. The monoisotopic (exact) mass is 483 g/mol. The van der Waals surface area contributed by atoms with E-state index in [9.17, 15) is 4.39 Å². The van der Waals surface area contributed by atoms with Crippen molar-refractivity contribution < 1.29 is 9.13 Å². The largest absolute Gasteiger partial charge is 0.385 e. The van der Waals surface area contributed by atoms with Gasteiger partial charge in [0, 0.05) is 38.2 Å². The average molecular weight is 483 g/mol. The molecule has 0 saturated carbocycles. The molecule has 0 amide bonds. The number of nitrogens with one attached hydrogen (secondary N) is 2. The van der Waals surface area contributed by atoms with Gasteiger partial charge in [-0.2, -0.15) is 0 Å². The normalized spacial score (nSPS) is 11.1. The number of methoxy groups -OCH3 is 1. The molecule has 1 rings (SSSR count). The quantitative estimate of drug-likeness (QED) is 0.153. The standard InChI is InChI=1S/C18H30FN3OS.HI/c1-3-20-18(21-12-5-4-6-14-23-2)22-13-7-15-24-17-10-8-16(19)9-11-17;/h8-11H,3-7,12-15H2,1-2H3,(H2,20,21,22);1H. The molecule has 0 aromatic heterocycles. The Bertz CT molecular complexity index is 460. The molecular weight excluding hydrogens is 452 g/mol. The lowest BCUT2D eigenvalue weighted by molar-refractivity contribution is 0.192. The van der Waals surface area contributed by atoms with Crippen LogP contribution in [-0.2, 0) is 4.74 Å². The summed E-state index contributed by atoms with van der Waals surface area (Å²) in [5.74, 6) is 1.68. The lowest BCUT2D eigenvalue weighted by Gasteiger charge is -2.11. The van der Waals surface area contributed by atoms with Crippen LogP contribution in [0.15, 0.2) is 34.2 Å². The van der Waals surface area contributed by atoms with E-state index in [1.54, 1.807) is 18.9 Å². The van der Waals surface area contributed by atoms with Crippen molar-refractivity contribution in [3.8, 4) is 0 Å².